The largest absolute Gasteiger partial charge is 0.489 e. The third-order valence-corrected chi connectivity index (χ3v) is 11.4. The molecule has 3 saturated carbocycles. The number of hydrogen-bond acceptors (Lipinski definition) is 8. The highest BCUT2D eigenvalue weighted by Crippen LogP contribution is 2.47. The molecule has 5 atom stereocenters. The minimum atomic E-state index is -3.81. The van der Waals surface area contributed by atoms with Crippen LogP contribution in [0, 0.1) is 17.8 Å². The zero-order valence-corrected chi connectivity index (χ0v) is 27.0. The number of fused-ring (bicyclic) bond motifs is 3. The van der Waals surface area contributed by atoms with Gasteiger partial charge >= 0.3 is 0 Å². The molecule has 13 heteroatoms. The monoisotopic (exact) mass is 658 g/mol. The predicted octanol–water partition coefficient (Wildman–Crippen LogP) is 3.74. The molecule has 2 aromatic rings. The van der Waals surface area contributed by atoms with Crippen LogP contribution in [-0.2, 0) is 24.4 Å². The fourth-order valence-electron chi connectivity index (χ4n) is 6.55. The second-order valence-corrected chi connectivity index (χ2v) is 15.0. The number of allylic oxidation sites excluding steroid dienone is 1. The quantitative estimate of drug-likeness (QED) is 0.428. The summed E-state index contributed by atoms with van der Waals surface area (Å²) in [6.45, 7) is 2.80. The maximum absolute atomic E-state index is 14.0. The van der Waals surface area contributed by atoms with E-state index >= 15 is 0 Å². The molecule has 3 aliphatic carbocycles. The molecule has 0 radical (unpaired) electrons. The van der Waals surface area contributed by atoms with E-state index in [2.05, 4.69) is 15.0 Å². The van der Waals surface area contributed by atoms with Gasteiger partial charge in [0.1, 0.15) is 17.4 Å². The summed E-state index contributed by atoms with van der Waals surface area (Å²) in [6, 6.07) is 7.06. The Morgan fingerprint density at radius 3 is 2.73 bits per heavy atom. The van der Waals surface area contributed by atoms with Gasteiger partial charge in [-0.15, -0.1) is 0 Å². The second-order valence-electron chi connectivity index (χ2n) is 12.6. The van der Waals surface area contributed by atoms with Crippen molar-refractivity contribution in [2.75, 3.05) is 20.2 Å². The van der Waals surface area contributed by atoms with Gasteiger partial charge in [-0.1, -0.05) is 29.8 Å². The van der Waals surface area contributed by atoms with E-state index in [1.54, 1.807) is 30.1 Å². The normalized spacial score (nSPS) is 28.9. The van der Waals surface area contributed by atoms with Crippen molar-refractivity contribution in [2.45, 2.75) is 75.2 Å². The zero-order chi connectivity index (χ0) is 31.9. The van der Waals surface area contributed by atoms with Gasteiger partial charge in [0.15, 0.2) is 0 Å². The van der Waals surface area contributed by atoms with Crippen LogP contribution in [0.4, 0.5) is 0 Å². The zero-order valence-electron chi connectivity index (χ0n) is 25.5. The topological polar surface area (TPSA) is 144 Å². The highest BCUT2D eigenvalue weighted by Gasteiger charge is 2.62. The van der Waals surface area contributed by atoms with E-state index in [1.165, 1.54) is 0 Å². The van der Waals surface area contributed by atoms with E-state index in [0.29, 0.717) is 53.5 Å². The lowest BCUT2D eigenvalue weighted by atomic mass is 9.93. The van der Waals surface area contributed by atoms with Gasteiger partial charge in [-0.2, -0.15) is 0 Å². The molecule has 1 aromatic heterocycles. The van der Waals surface area contributed by atoms with Crippen molar-refractivity contribution in [3.63, 3.8) is 0 Å². The van der Waals surface area contributed by atoms with Crippen LogP contribution in [0.15, 0.2) is 36.4 Å². The van der Waals surface area contributed by atoms with Gasteiger partial charge < -0.3 is 19.7 Å². The molecule has 45 heavy (non-hydrogen) atoms. The van der Waals surface area contributed by atoms with Crippen molar-refractivity contribution in [2.24, 2.45) is 17.8 Å². The van der Waals surface area contributed by atoms with Gasteiger partial charge in [-0.05, 0) is 70.4 Å². The Kier molecular flexibility index (Phi) is 8.73. The molecular weight excluding hydrogens is 620 g/mol. The van der Waals surface area contributed by atoms with Crippen LogP contribution in [0.3, 0.4) is 0 Å². The van der Waals surface area contributed by atoms with E-state index in [9.17, 15) is 22.8 Å². The second kappa shape index (κ2) is 12.4. The lowest BCUT2D eigenvalue weighted by Crippen LogP contribution is -2.54. The van der Waals surface area contributed by atoms with E-state index in [0.717, 1.165) is 19.3 Å². The third kappa shape index (κ3) is 6.49. The molecule has 3 amide bonds. The van der Waals surface area contributed by atoms with E-state index in [-0.39, 0.29) is 31.1 Å². The number of carbonyl (C=O) groups is 3. The van der Waals surface area contributed by atoms with Crippen LogP contribution in [0.25, 0.3) is 10.9 Å². The van der Waals surface area contributed by atoms with Gasteiger partial charge in [0.05, 0.1) is 34.2 Å². The summed E-state index contributed by atoms with van der Waals surface area (Å²) < 4.78 is 39.7. The Morgan fingerprint density at radius 2 is 1.98 bits per heavy atom. The van der Waals surface area contributed by atoms with E-state index in [1.807, 2.05) is 25.1 Å². The number of ether oxygens (including phenoxy) is 2. The fraction of sp³-hybridized carbons (Fsp3) is 0.562. The van der Waals surface area contributed by atoms with E-state index < -0.39 is 50.6 Å². The van der Waals surface area contributed by atoms with Gasteiger partial charge in [0, 0.05) is 31.0 Å². The number of carbonyl (C=O) groups excluding carboxylic acids is 3. The Balaban J connectivity index is 1.29. The smallest absolute Gasteiger partial charge is 0.259 e. The number of nitrogens with one attached hydrogen (secondary N) is 2. The minimum absolute atomic E-state index is 0.159. The molecule has 11 nitrogen and oxygen atoms in total. The lowest BCUT2D eigenvalue weighted by Gasteiger charge is -2.26. The van der Waals surface area contributed by atoms with Gasteiger partial charge in [0.25, 0.3) is 5.91 Å². The van der Waals surface area contributed by atoms with Gasteiger partial charge in [-0.25, -0.2) is 13.4 Å². The SMILES string of the molecule is CCOc1cc(OC2CC3C(=O)NC4(C(=O)NS(=O)(=O)C5CC5)CC4C=CCCCCN(C)C(=O)C3C2)c2cccc(Cl)c2n1. The Bertz CT molecular complexity index is 1650. The van der Waals surface area contributed by atoms with Crippen LogP contribution in [0.2, 0.25) is 5.02 Å². The Hall–Kier alpha value is -3.38. The number of sulfonamides is 1. The molecule has 1 aromatic carbocycles. The van der Waals surface area contributed by atoms with Crippen molar-refractivity contribution < 1.29 is 32.3 Å². The molecule has 3 fully saturated rings. The molecule has 6 rings (SSSR count). The third-order valence-electron chi connectivity index (χ3n) is 9.31. The number of hydrogen-bond donors (Lipinski definition) is 2. The number of para-hydroxylation sites is 1. The fourth-order valence-corrected chi connectivity index (χ4v) is 8.13. The average molecular weight is 659 g/mol. The first-order chi connectivity index (χ1) is 21.5. The summed E-state index contributed by atoms with van der Waals surface area (Å²) in [6.07, 6.45) is 7.57. The predicted molar refractivity (Wildman–Crippen MR) is 168 cm³/mol. The number of halogens is 1. The molecule has 2 N–H and O–H groups in total. The summed E-state index contributed by atoms with van der Waals surface area (Å²) in [4.78, 5) is 47.5. The summed E-state index contributed by atoms with van der Waals surface area (Å²) in [5, 5.41) is 3.46. The van der Waals surface area contributed by atoms with Crippen LogP contribution in [0.1, 0.15) is 58.3 Å². The van der Waals surface area contributed by atoms with Gasteiger partial charge in [-0.3, -0.25) is 19.1 Å². The Morgan fingerprint density at radius 1 is 1.20 bits per heavy atom. The number of amides is 3. The number of aromatic nitrogens is 1. The summed E-state index contributed by atoms with van der Waals surface area (Å²) in [5.74, 6) is -2.32. The maximum Gasteiger partial charge on any atom is 0.259 e. The number of benzene rings is 1. The first-order valence-corrected chi connectivity index (χ1v) is 17.6. The Labute approximate surface area is 268 Å². The molecule has 5 unspecified atom stereocenters. The maximum atomic E-state index is 14.0. The van der Waals surface area contributed by atoms with Crippen molar-refractivity contribution in [1.29, 1.82) is 0 Å². The van der Waals surface area contributed by atoms with Crippen LogP contribution < -0.4 is 19.5 Å². The molecule has 0 saturated heterocycles. The summed E-state index contributed by atoms with van der Waals surface area (Å²) in [5.41, 5.74) is -0.866. The highest BCUT2D eigenvalue weighted by atomic mass is 35.5. The van der Waals surface area contributed by atoms with Gasteiger partial charge in [0.2, 0.25) is 27.7 Å². The first kappa shape index (κ1) is 31.6. The molecule has 0 spiro atoms. The number of rotatable bonds is 7. The molecule has 4 aliphatic rings. The first-order valence-electron chi connectivity index (χ1n) is 15.7. The lowest BCUT2D eigenvalue weighted by molar-refractivity contribution is -0.140. The standard InChI is InChI=1S/C32H39ClN4O7S/c1-3-43-27-17-26(22-10-8-11-25(33)28(22)34-27)44-20-15-23-24(16-20)30(39)37(2)14-7-5-4-6-9-19-18-32(19,35-29(23)38)31(40)36-45(41,42)21-12-13-21/h6,8-11,17,19-21,23-24H,3-5,7,12-16,18H2,1-2H3,(H,35,38)(H,36,40). The van der Waals surface area contributed by atoms with Crippen molar-refractivity contribution in [3.8, 4) is 11.6 Å². The van der Waals surface area contributed by atoms with E-state index in [4.69, 9.17) is 21.1 Å². The van der Waals surface area contributed by atoms with Crippen molar-refractivity contribution in [1.82, 2.24) is 19.9 Å². The molecule has 1 aliphatic heterocycles. The highest BCUT2D eigenvalue weighted by molar-refractivity contribution is 7.91. The van der Waals surface area contributed by atoms with Crippen molar-refractivity contribution in [3.05, 3.63) is 41.4 Å². The van der Waals surface area contributed by atoms with Crippen LogP contribution in [0.5, 0.6) is 11.6 Å². The van der Waals surface area contributed by atoms with Crippen LogP contribution >= 0.6 is 11.6 Å². The number of pyridine rings is 1. The summed E-state index contributed by atoms with van der Waals surface area (Å²) >= 11 is 6.45. The molecule has 0 bridgehead atoms. The van der Waals surface area contributed by atoms with Crippen LogP contribution in [-0.4, -0.2) is 73.1 Å². The van der Waals surface area contributed by atoms with Crippen molar-refractivity contribution >= 4 is 50.2 Å². The minimum Gasteiger partial charge on any atom is -0.489 e. The molecular formula is C32H39ClN4O7S. The number of nitrogens with zero attached hydrogens (tertiary/aromatic N) is 2. The molecule has 2 heterocycles. The average Bonchev–Trinajstić information content (AvgIpc) is 3.92. The summed E-state index contributed by atoms with van der Waals surface area (Å²) in [7, 11) is -2.07. The molecule has 242 valence electrons.